The summed E-state index contributed by atoms with van der Waals surface area (Å²) in [5, 5.41) is 0.0681. The van der Waals surface area contributed by atoms with Crippen LogP contribution in [0.1, 0.15) is 12.0 Å². The van der Waals surface area contributed by atoms with E-state index in [-0.39, 0.29) is 10.8 Å². The molecule has 2 N–H and O–H groups in total. The van der Waals surface area contributed by atoms with E-state index in [4.69, 9.17) is 17.3 Å². The van der Waals surface area contributed by atoms with E-state index in [2.05, 4.69) is 0 Å². The van der Waals surface area contributed by atoms with Gasteiger partial charge in [0, 0.05) is 16.6 Å². The SMILES string of the molecule is NCCCS(=O)Cc1cccc(F)c1Cl. The Balaban J connectivity index is 2.64. The van der Waals surface area contributed by atoms with Crippen LogP contribution in [0, 0.1) is 5.82 Å². The second-order valence-corrected chi connectivity index (χ2v) is 5.10. The lowest BCUT2D eigenvalue weighted by Crippen LogP contribution is -2.07. The molecule has 0 radical (unpaired) electrons. The Kier molecular flexibility index (Phi) is 5.22. The summed E-state index contributed by atoms with van der Waals surface area (Å²) in [5.41, 5.74) is 5.89. The molecular weight excluding hydrogens is 237 g/mol. The van der Waals surface area contributed by atoms with Gasteiger partial charge in [0.2, 0.25) is 0 Å². The molecule has 0 bridgehead atoms. The number of hydrogen-bond donors (Lipinski definition) is 1. The summed E-state index contributed by atoms with van der Waals surface area (Å²) >= 11 is 5.74. The van der Waals surface area contributed by atoms with Crippen molar-refractivity contribution in [3.05, 3.63) is 34.6 Å². The number of rotatable bonds is 5. The topological polar surface area (TPSA) is 43.1 Å². The van der Waals surface area contributed by atoms with Crippen molar-refractivity contribution in [3.8, 4) is 0 Å². The number of nitrogens with two attached hydrogens (primary N) is 1. The molecule has 15 heavy (non-hydrogen) atoms. The van der Waals surface area contributed by atoms with Crippen molar-refractivity contribution in [2.24, 2.45) is 5.73 Å². The Morgan fingerprint density at radius 1 is 1.47 bits per heavy atom. The first-order valence-electron chi connectivity index (χ1n) is 4.63. The Morgan fingerprint density at radius 3 is 2.87 bits per heavy atom. The third kappa shape index (κ3) is 3.89. The van der Waals surface area contributed by atoms with Crippen LogP contribution >= 0.6 is 11.6 Å². The first kappa shape index (κ1) is 12.6. The van der Waals surface area contributed by atoms with Gasteiger partial charge in [0.25, 0.3) is 0 Å². The summed E-state index contributed by atoms with van der Waals surface area (Å²) in [4.78, 5) is 0. The molecule has 0 spiro atoms. The van der Waals surface area contributed by atoms with E-state index in [1.54, 1.807) is 12.1 Å². The average Bonchev–Trinajstić information content (AvgIpc) is 2.22. The molecule has 1 atom stereocenters. The van der Waals surface area contributed by atoms with Crippen LogP contribution in [0.3, 0.4) is 0 Å². The monoisotopic (exact) mass is 249 g/mol. The quantitative estimate of drug-likeness (QED) is 0.868. The Hall–Kier alpha value is -0.450. The van der Waals surface area contributed by atoms with Crippen LogP contribution in [-0.4, -0.2) is 16.5 Å². The minimum absolute atomic E-state index is 0.0681. The highest BCUT2D eigenvalue weighted by Gasteiger charge is 2.08. The smallest absolute Gasteiger partial charge is 0.142 e. The van der Waals surface area contributed by atoms with Crippen LogP contribution in [0.25, 0.3) is 0 Å². The molecule has 0 aromatic heterocycles. The maximum Gasteiger partial charge on any atom is 0.142 e. The minimum Gasteiger partial charge on any atom is -0.330 e. The van der Waals surface area contributed by atoms with Gasteiger partial charge >= 0.3 is 0 Å². The predicted molar refractivity (Wildman–Crippen MR) is 61.8 cm³/mol. The van der Waals surface area contributed by atoms with E-state index in [9.17, 15) is 8.60 Å². The molecular formula is C10H13ClFNOS. The first-order chi connectivity index (χ1) is 7.15. The van der Waals surface area contributed by atoms with Crippen molar-refractivity contribution >= 4 is 22.4 Å². The van der Waals surface area contributed by atoms with Gasteiger partial charge in [-0.15, -0.1) is 0 Å². The van der Waals surface area contributed by atoms with Crippen molar-refractivity contribution < 1.29 is 8.60 Å². The van der Waals surface area contributed by atoms with E-state index in [1.165, 1.54) is 6.07 Å². The summed E-state index contributed by atoms with van der Waals surface area (Å²) < 4.78 is 24.5. The lowest BCUT2D eigenvalue weighted by atomic mass is 10.2. The molecule has 1 rings (SSSR count). The summed E-state index contributed by atoms with van der Waals surface area (Å²) in [5.74, 6) is 0.352. The van der Waals surface area contributed by atoms with Crippen LogP contribution < -0.4 is 5.73 Å². The number of hydrogen-bond acceptors (Lipinski definition) is 2. The molecule has 0 aliphatic carbocycles. The van der Waals surface area contributed by atoms with Gasteiger partial charge in [0.05, 0.1) is 10.8 Å². The molecule has 1 aromatic rings. The fraction of sp³-hybridized carbons (Fsp3) is 0.400. The lowest BCUT2D eigenvalue weighted by Gasteiger charge is -2.04. The normalized spacial score (nSPS) is 12.7. The molecule has 0 fully saturated rings. The fourth-order valence-electron chi connectivity index (χ4n) is 1.15. The van der Waals surface area contributed by atoms with Crippen LogP contribution in [0.4, 0.5) is 4.39 Å². The average molecular weight is 250 g/mol. The second kappa shape index (κ2) is 6.20. The predicted octanol–water partition coefficient (Wildman–Crippen LogP) is 2.08. The summed E-state index contributed by atoms with van der Waals surface area (Å²) in [6, 6.07) is 4.54. The molecule has 0 heterocycles. The van der Waals surface area contributed by atoms with Crippen molar-refractivity contribution in [1.29, 1.82) is 0 Å². The van der Waals surface area contributed by atoms with Gasteiger partial charge in [-0.25, -0.2) is 4.39 Å². The van der Waals surface area contributed by atoms with Crippen molar-refractivity contribution in [3.63, 3.8) is 0 Å². The Labute approximate surface area is 96.1 Å². The zero-order valence-electron chi connectivity index (χ0n) is 8.21. The van der Waals surface area contributed by atoms with E-state index < -0.39 is 16.6 Å². The number of benzene rings is 1. The summed E-state index contributed by atoms with van der Waals surface area (Å²) in [6.07, 6.45) is 0.708. The van der Waals surface area contributed by atoms with E-state index in [0.29, 0.717) is 24.3 Å². The maximum atomic E-state index is 13.0. The van der Waals surface area contributed by atoms with Crippen molar-refractivity contribution in [2.75, 3.05) is 12.3 Å². The minimum atomic E-state index is -1.02. The maximum absolute atomic E-state index is 13.0. The van der Waals surface area contributed by atoms with Gasteiger partial charge in [-0.1, -0.05) is 23.7 Å². The molecule has 1 unspecified atom stereocenters. The molecule has 0 aliphatic heterocycles. The second-order valence-electron chi connectivity index (χ2n) is 3.14. The molecule has 0 aliphatic rings. The van der Waals surface area contributed by atoms with Gasteiger partial charge in [-0.3, -0.25) is 4.21 Å². The van der Waals surface area contributed by atoms with Crippen molar-refractivity contribution in [1.82, 2.24) is 0 Å². The molecule has 2 nitrogen and oxygen atoms in total. The molecule has 0 saturated heterocycles. The van der Waals surface area contributed by atoms with E-state index in [0.717, 1.165) is 0 Å². The summed E-state index contributed by atoms with van der Waals surface area (Å²) in [7, 11) is -1.02. The number of halogens is 2. The highest BCUT2D eigenvalue weighted by Crippen LogP contribution is 2.20. The molecule has 1 aromatic carbocycles. The third-order valence-electron chi connectivity index (χ3n) is 1.92. The van der Waals surface area contributed by atoms with Crippen LogP contribution in [0.5, 0.6) is 0 Å². The third-order valence-corrected chi connectivity index (χ3v) is 3.72. The highest BCUT2D eigenvalue weighted by atomic mass is 35.5. The highest BCUT2D eigenvalue weighted by molar-refractivity contribution is 7.84. The lowest BCUT2D eigenvalue weighted by molar-refractivity contribution is 0.626. The van der Waals surface area contributed by atoms with Gasteiger partial charge in [-0.2, -0.15) is 0 Å². The Morgan fingerprint density at radius 2 is 2.20 bits per heavy atom. The van der Waals surface area contributed by atoms with E-state index in [1.807, 2.05) is 0 Å². The first-order valence-corrected chi connectivity index (χ1v) is 6.49. The Bertz CT molecular complexity index is 359. The van der Waals surface area contributed by atoms with Gasteiger partial charge in [0.15, 0.2) is 0 Å². The van der Waals surface area contributed by atoms with Gasteiger partial charge in [0.1, 0.15) is 5.82 Å². The van der Waals surface area contributed by atoms with E-state index >= 15 is 0 Å². The van der Waals surface area contributed by atoms with Gasteiger partial charge < -0.3 is 5.73 Å². The molecule has 0 amide bonds. The van der Waals surface area contributed by atoms with Crippen LogP contribution in [0.15, 0.2) is 18.2 Å². The van der Waals surface area contributed by atoms with Gasteiger partial charge in [-0.05, 0) is 24.6 Å². The molecule has 5 heteroatoms. The summed E-state index contributed by atoms with van der Waals surface area (Å²) in [6.45, 7) is 0.516. The molecule has 84 valence electrons. The zero-order chi connectivity index (χ0) is 11.3. The standard InChI is InChI=1S/C10H13ClFNOS/c11-10-8(3-1-4-9(10)12)7-15(14)6-2-5-13/h1,3-4H,2,5-7,13H2. The fourth-order valence-corrected chi connectivity index (χ4v) is 2.64. The van der Waals surface area contributed by atoms with Crippen molar-refractivity contribution in [2.45, 2.75) is 12.2 Å². The molecule has 0 saturated carbocycles. The largest absolute Gasteiger partial charge is 0.330 e. The zero-order valence-corrected chi connectivity index (χ0v) is 9.78. The van der Waals surface area contributed by atoms with Crippen LogP contribution in [-0.2, 0) is 16.6 Å². The van der Waals surface area contributed by atoms with Crippen LogP contribution in [0.2, 0.25) is 5.02 Å².